The lowest BCUT2D eigenvalue weighted by molar-refractivity contribution is -0.149. The number of carbonyl (C=O) groups is 10. The van der Waals surface area contributed by atoms with Gasteiger partial charge in [-0.05, 0) is 56.7 Å². The Kier molecular flexibility index (Phi) is 20.8. The van der Waals surface area contributed by atoms with Crippen LogP contribution in [0.25, 0.3) is 0 Å². The molecule has 1 aromatic rings. The van der Waals surface area contributed by atoms with E-state index >= 15 is 0 Å². The smallest absolute Gasteiger partial charge is 0.326 e. The summed E-state index contributed by atoms with van der Waals surface area (Å²) in [6.45, 7) is 4.89. The summed E-state index contributed by atoms with van der Waals surface area (Å²) in [4.78, 5) is 129. The monoisotopic (exact) mass is 893 g/mol. The van der Waals surface area contributed by atoms with Crippen molar-refractivity contribution in [1.29, 1.82) is 0 Å². The minimum Gasteiger partial charge on any atom is -0.508 e. The molecule has 0 bridgehead atoms. The number of benzene rings is 1. The summed E-state index contributed by atoms with van der Waals surface area (Å²) in [5.74, 6) is -11.2. The van der Waals surface area contributed by atoms with Crippen LogP contribution >= 0.6 is 0 Å². The number of hydrogen-bond acceptors (Lipinski definition) is 14. The van der Waals surface area contributed by atoms with Crippen LogP contribution in [0.2, 0.25) is 0 Å². The number of carboxylic acid groups (broad SMARTS) is 2. The van der Waals surface area contributed by atoms with E-state index in [9.17, 15) is 73.5 Å². The minimum absolute atomic E-state index is 0.0511. The number of phenolic OH excluding ortho intramolecular Hbond substituents is 1. The molecule has 15 N–H and O–H groups in total. The van der Waals surface area contributed by atoms with Crippen molar-refractivity contribution in [2.75, 3.05) is 13.1 Å². The Morgan fingerprint density at radius 3 is 1.84 bits per heavy atom. The molecule has 10 atom stereocenters. The molecular weight excluding hydrogens is 834 g/mol. The Morgan fingerprint density at radius 1 is 0.762 bits per heavy atom. The number of likely N-dealkylation sites (tertiary alicyclic amines) is 1. The quantitative estimate of drug-likeness (QED) is 0.0439. The Balaban J connectivity index is 2.28. The third kappa shape index (κ3) is 16.8. The summed E-state index contributed by atoms with van der Waals surface area (Å²) in [5, 5.41) is 63.3. The maximum absolute atomic E-state index is 13.8. The van der Waals surface area contributed by atoms with E-state index in [1.807, 2.05) is 0 Å². The fourth-order valence-corrected chi connectivity index (χ4v) is 6.38. The number of amides is 8. The molecule has 1 heterocycles. The number of nitrogens with two attached hydrogens (primary N) is 2. The molecule has 0 saturated carbocycles. The fraction of sp³-hybridized carbons (Fsp3) is 0.590. The Hall–Kier alpha value is -6.40. The second kappa shape index (κ2) is 24.9. The van der Waals surface area contributed by atoms with Gasteiger partial charge in [0.2, 0.25) is 47.3 Å². The molecule has 1 saturated heterocycles. The van der Waals surface area contributed by atoms with Gasteiger partial charge in [-0.25, -0.2) is 4.79 Å². The highest BCUT2D eigenvalue weighted by Crippen LogP contribution is 2.20. The number of rotatable bonds is 25. The van der Waals surface area contributed by atoms with Crippen LogP contribution in [-0.4, -0.2) is 157 Å². The van der Waals surface area contributed by atoms with Crippen molar-refractivity contribution in [3.63, 3.8) is 0 Å². The minimum atomic E-state index is -1.83. The van der Waals surface area contributed by atoms with Crippen molar-refractivity contribution in [2.24, 2.45) is 17.4 Å². The SMILES string of the molecule is CC[C@H](C)[C@H](N)C(=O)N[C@@H](CC(N)=O)C(=O)N[C@H](C(=O)N[C@@H](Cc1ccc(O)cc1)C(=O)N[C@H](C(=O)NCC(=O)N[C@@H](CCC(=O)O)C(=O)N1CCC[C@H]1C(=O)O)[C@@H](C)O)[C@@H](C)O. The number of carbonyl (C=O) groups excluding carboxylic acids is 8. The summed E-state index contributed by atoms with van der Waals surface area (Å²) in [6, 6.07) is -5.29. The lowest BCUT2D eigenvalue weighted by atomic mass is 9.98. The first-order valence-corrected chi connectivity index (χ1v) is 20.2. The highest BCUT2D eigenvalue weighted by molar-refractivity contribution is 5.98. The molecule has 8 amide bonds. The second-order valence-corrected chi connectivity index (χ2v) is 15.3. The number of aliphatic carboxylic acids is 2. The zero-order valence-corrected chi connectivity index (χ0v) is 35.4. The van der Waals surface area contributed by atoms with E-state index in [-0.39, 0.29) is 31.1 Å². The molecule has 0 aromatic heterocycles. The van der Waals surface area contributed by atoms with Gasteiger partial charge in [0, 0.05) is 19.4 Å². The van der Waals surface area contributed by atoms with Crippen molar-refractivity contribution in [3.8, 4) is 5.75 Å². The van der Waals surface area contributed by atoms with E-state index in [1.54, 1.807) is 13.8 Å². The lowest BCUT2D eigenvalue weighted by Crippen LogP contribution is -2.62. The number of primary amides is 1. The molecule has 1 fully saturated rings. The Bertz CT molecular complexity index is 1830. The molecule has 2 rings (SSSR count). The number of nitrogens with zero attached hydrogens (tertiary/aromatic N) is 1. The standard InChI is InChI=1S/C39H59N9O15/c1-5-18(2)30(41)35(58)44-25(16-27(40)52)34(57)47-32(20(4)50)37(60)45-24(15-21-8-10-22(51)11-9-21)33(56)46-31(19(3)49)36(59)42-17-28(53)43-23(12-13-29(54)55)38(61)48-14-6-7-26(48)39(62)63/h8-11,18-20,23-26,30-32,49-51H,5-7,12-17,41H2,1-4H3,(H2,40,52)(H,42,59)(H,43,53)(H,44,58)(H,45,60)(H,46,56)(H,47,57)(H,54,55)(H,62,63)/t18-,19+,20+,23-,24-,25-,26-,30-,31-,32-/m0/s1. The van der Waals surface area contributed by atoms with Gasteiger partial charge in [0.15, 0.2) is 0 Å². The number of aliphatic hydroxyl groups is 2. The van der Waals surface area contributed by atoms with E-state index < -0.39 is 140 Å². The van der Waals surface area contributed by atoms with Crippen molar-refractivity contribution in [3.05, 3.63) is 29.8 Å². The molecule has 63 heavy (non-hydrogen) atoms. The van der Waals surface area contributed by atoms with E-state index in [4.69, 9.17) is 11.5 Å². The average molecular weight is 894 g/mol. The van der Waals surface area contributed by atoms with E-state index in [0.717, 1.165) is 18.7 Å². The number of aliphatic hydroxyl groups excluding tert-OH is 2. The highest BCUT2D eigenvalue weighted by Gasteiger charge is 2.39. The lowest BCUT2D eigenvalue weighted by Gasteiger charge is -2.28. The van der Waals surface area contributed by atoms with Gasteiger partial charge in [-0.1, -0.05) is 32.4 Å². The van der Waals surface area contributed by atoms with Gasteiger partial charge >= 0.3 is 11.9 Å². The van der Waals surface area contributed by atoms with Gasteiger partial charge in [-0.2, -0.15) is 0 Å². The first kappa shape index (κ1) is 52.7. The average Bonchev–Trinajstić information content (AvgIpc) is 3.72. The van der Waals surface area contributed by atoms with Gasteiger partial charge in [-0.3, -0.25) is 43.2 Å². The molecule has 0 radical (unpaired) electrons. The molecule has 350 valence electrons. The maximum atomic E-state index is 13.8. The number of aromatic hydroxyl groups is 1. The van der Waals surface area contributed by atoms with Crippen molar-refractivity contribution in [2.45, 2.75) is 127 Å². The van der Waals surface area contributed by atoms with Gasteiger partial charge < -0.3 is 73.8 Å². The molecule has 0 aliphatic carbocycles. The molecule has 24 heteroatoms. The van der Waals surface area contributed by atoms with Crippen LogP contribution in [0.3, 0.4) is 0 Å². The number of hydrogen-bond donors (Lipinski definition) is 13. The zero-order valence-electron chi connectivity index (χ0n) is 35.4. The summed E-state index contributed by atoms with van der Waals surface area (Å²) < 4.78 is 0. The number of phenols is 1. The zero-order chi connectivity index (χ0) is 47.7. The normalized spacial score (nSPS) is 17.8. The topological polar surface area (TPSA) is 399 Å². The van der Waals surface area contributed by atoms with Crippen LogP contribution in [0.15, 0.2) is 24.3 Å². The molecule has 24 nitrogen and oxygen atoms in total. The van der Waals surface area contributed by atoms with Crippen LogP contribution in [0.5, 0.6) is 5.75 Å². The second-order valence-electron chi connectivity index (χ2n) is 15.3. The van der Waals surface area contributed by atoms with Gasteiger partial charge in [0.1, 0.15) is 42.0 Å². The Morgan fingerprint density at radius 2 is 1.32 bits per heavy atom. The van der Waals surface area contributed by atoms with Crippen LogP contribution in [0.1, 0.15) is 71.8 Å². The number of carboxylic acids is 2. The third-order valence-electron chi connectivity index (χ3n) is 10.3. The van der Waals surface area contributed by atoms with Crippen LogP contribution in [0, 0.1) is 5.92 Å². The first-order valence-electron chi connectivity index (χ1n) is 20.2. The molecule has 1 aliphatic rings. The fourth-order valence-electron chi connectivity index (χ4n) is 6.38. The van der Waals surface area contributed by atoms with Crippen molar-refractivity contribution >= 4 is 59.2 Å². The van der Waals surface area contributed by atoms with Crippen molar-refractivity contribution < 1.29 is 73.5 Å². The van der Waals surface area contributed by atoms with E-state index in [1.165, 1.54) is 24.3 Å². The molecular formula is C39H59N9O15. The summed E-state index contributed by atoms with van der Waals surface area (Å²) >= 11 is 0. The molecule has 0 unspecified atom stereocenters. The van der Waals surface area contributed by atoms with Crippen molar-refractivity contribution in [1.82, 2.24) is 36.8 Å². The molecule has 1 aromatic carbocycles. The van der Waals surface area contributed by atoms with Gasteiger partial charge in [-0.15, -0.1) is 0 Å². The molecule has 1 aliphatic heterocycles. The van der Waals surface area contributed by atoms with Gasteiger partial charge in [0.05, 0.1) is 31.2 Å². The Labute approximate surface area is 362 Å². The molecule has 0 spiro atoms. The van der Waals surface area contributed by atoms with Gasteiger partial charge in [0.25, 0.3) is 0 Å². The summed E-state index contributed by atoms with van der Waals surface area (Å²) in [6.07, 6.45) is -4.33. The largest absolute Gasteiger partial charge is 0.508 e. The number of nitrogens with one attached hydrogen (secondary N) is 6. The maximum Gasteiger partial charge on any atom is 0.326 e. The highest BCUT2D eigenvalue weighted by atomic mass is 16.4. The third-order valence-corrected chi connectivity index (χ3v) is 10.3. The summed E-state index contributed by atoms with van der Waals surface area (Å²) in [5.41, 5.74) is 11.6. The van der Waals surface area contributed by atoms with E-state index in [2.05, 4.69) is 31.9 Å². The van der Waals surface area contributed by atoms with E-state index in [0.29, 0.717) is 18.4 Å². The first-order chi connectivity index (χ1) is 29.5. The van der Waals surface area contributed by atoms with Crippen LogP contribution in [0.4, 0.5) is 0 Å². The predicted octanol–water partition coefficient (Wildman–Crippen LogP) is -4.57. The van der Waals surface area contributed by atoms with Crippen LogP contribution < -0.4 is 43.4 Å². The van der Waals surface area contributed by atoms with Crippen LogP contribution in [-0.2, 0) is 54.4 Å². The predicted molar refractivity (Wildman–Crippen MR) is 218 cm³/mol. The summed E-state index contributed by atoms with van der Waals surface area (Å²) in [7, 11) is 0.